The van der Waals surface area contributed by atoms with E-state index in [1.165, 1.54) is 37.4 Å². The highest BCUT2D eigenvalue weighted by Crippen LogP contribution is 2.42. The van der Waals surface area contributed by atoms with E-state index in [0.717, 1.165) is 6.07 Å². The first-order valence-corrected chi connectivity index (χ1v) is 12.2. The van der Waals surface area contributed by atoms with Crippen LogP contribution in [-0.4, -0.2) is 31.6 Å². The summed E-state index contributed by atoms with van der Waals surface area (Å²) in [7, 11) is 1.28. The Morgan fingerprint density at radius 2 is 1.43 bits per heavy atom. The average Bonchev–Trinajstić information content (AvgIpc) is 2.92. The summed E-state index contributed by atoms with van der Waals surface area (Å²) < 4.78 is 115. The van der Waals surface area contributed by atoms with E-state index in [0.29, 0.717) is 29.0 Å². The van der Waals surface area contributed by atoms with Gasteiger partial charge in [0.05, 0.1) is 30.4 Å². The van der Waals surface area contributed by atoms with E-state index in [1.807, 2.05) is 0 Å². The molecule has 0 spiro atoms. The molecular weight excluding hydrogens is 575 g/mol. The average molecular weight is 597 g/mol. The van der Waals surface area contributed by atoms with Gasteiger partial charge >= 0.3 is 18.5 Å². The van der Waals surface area contributed by atoms with Crippen molar-refractivity contribution in [3.63, 3.8) is 0 Å². The number of fused-ring (bicyclic) bond motifs is 1. The molecule has 0 N–H and O–H groups in total. The van der Waals surface area contributed by atoms with Crippen molar-refractivity contribution in [3.8, 4) is 33.8 Å². The van der Waals surface area contributed by atoms with E-state index < -0.39 is 42.2 Å². The lowest BCUT2D eigenvalue weighted by molar-refractivity contribution is -0.143. The lowest BCUT2D eigenvalue weighted by atomic mass is 9.95. The van der Waals surface area contributed by atoms with Gasteiger partial charge in [-0.15, -0.1) is 0 Å². The summed E-state index contributed by atoms with van der Waals surface area (Å²) in [5, 5.41) is 0.179. The molecule has 1 heterocycles. The number of benzene rings is 3. The lowest BCUT2D eigenvalue weighted by Gasteiger charge is -2.18. The smallest absolute Gasteiger partial charge is 0.494 e. The van der Waals surface area contributed by atoms with E-state index in [4.69, 9.17) is 18.9 Å². The van der Waals surface area contributed by atoms with Crippen molar-refractivity contribution in [2.75, 3.05) is 20.5 Å². The summed E-state index contributed by atoms with van der Waals surface area (Å²) in [6, 6.07) is 9.32. The van der Waals surface area contributed by atoms with Crippen molar-refractivity contribution in [1.82, 2.24) is 4.98 Å². The molecular formula is C29H22F7NO5. The Morgan fingerprint density at radius 3 is 1.98 bits per heavy atom. The van der Waals surface area contributed by atoms with Crippen LogP contribution in [-0.2, 0) is 21.8 Å². The van der Waals surface area contributed by atoms with Gasteiger partial charge in [-0.3, -0.25) is 4.98 Å². The molecule has 0 fully saturated rings. The van der Waals surface area contributed by atoms with Crippen LogP contribution in [0.3, 0.4) is 0 Å². The second kappa shape index (κ2) is 11.7. The minimum atomic E-state index is -5.00. The monoisotopic (exact) mass is 597 g/mol. The number of hydrogen-bond donors (Lipinski definition) is 0. The van der Waals surface area contributed by atoms with Crippen LogP contribution in [0.2, 0.25) is 0 Å². The number of aryl methyl sites for hydroxylation is 1. The topological polar surface area (TPSA) is 66.9 Å². The summed E-state index contributed by atoms with van der Waals surface area (Å²) >= 11 is 0. The van der Waals surface area contributed by atoms with Crippen molar-refractivity contribution in [3.05, 3.63) is 77.2 Å². The molecule has 0 radical (unpaired) electrons. The number of ether oxygens (including phenoxy) is 4. The lowest BCUT2D eigenvalue weighted by Crippen LogP contribution is -2.12. The molecule has 1 aromatic heterocycles. The van der Waals surface area contributed by atoms with Crippen LogP contribution < -0.4 is 9.47 Å². The Morgan fingerprint density at radius 1 is 0.833 bits per heavy atom. The molecule has 13 heteroatoms. The van der Waals surface area contributed by atoms with Crippen LogP contribution in [0.4, 0.5) is 35.5 Å². The Hall–Kier alpha value is -4.55. The van der Waals surface area contributed by atoms with E-state index in [-0.39, 0.29) is 46.2 Å². The maximum atomic E-state index is 14.7. The number of alkyl halides is 6. The Labute approximate surface area is 234 Å². The molecule has 0 aliphatic heterocycles. The number of hydrogen-bond acceptors (Lipinski definition) is 6. The molecule has 0 atom stereocenters. The number of carbonyl (C=O) groups excluding carboxylic acids is 1. The van der Waals surface area contributed by atoms with Gasteiger partial charge in [0, 0.05) is 22.7 Å². The van der Waals surface area contributed by atoms with Gasteiger partial charge in [0.15, 0.2) is 11.6 Å². The number of pyridine rings is 1. The third kappa shape index (κ3) is 6.50. The molecule has 4 rings (SSSR count). The van der Waals surface area contributed by atoms with Gasteiger partial charge in [0.25, 0.3) is 0 Å². The van der Waals surface area contributed by atoms with Crippen molar-refractivity contribution in [1.29, 1.82) is 0 Å². The summed E-state index contributed by atoms with van der Waals surface area (Å²) in [5.41, 5.74) is -1.77. The maximum Gasteiger partial charge on any atom is 0.511 e. The van der Waals surface area contributed by atoms with Gasteiger partial charge in [0.1, 0.15) is 5.75 Å². The minimum absolute atomic E-state index is 0.0505. The Balaban J connectivity index is 1.82. The predicted octanol–water partition coefficient (Wildman–Crippen LogP) is 8.57. The number of rotatable bonds is 7. The molecule has 42 heavy (non-hydrogen) atoms. The van der Waals surface area contributed by atoms with Gasteiger partial charge in [-0.05, 0) is 54.8 Å². The third-order valence-electron chi connectivity index (χ3n) is 6.13. The van der Waals surface area contributed by atoms with Crippen LogP contribution in [0.25, 0.3) is 33.2 Å². The van der Waals surface area contributed by atoms with E-state index in [1.54, 1.807) is 13.8 Å². The normalized spacial score (nSPS) is 11.9. The quantitative estimate of drug-likeness (QED) is 0.121. The van der Waals surface area contributed by atoms with Gasteiger partial charge in [-0.25, -0.2) is 9.18 Å². The van der Waals surface area contributed by atoms with Crippen LogP contribution in [0.15, 0.2) is 54.6 Å². The zero-order chi connectivity index (χ0) is 30.8. The molecule has 3 aromatic carbocycles. The highest BCUT2D eigenvalue weighted by molar-refractivity contribution is 5.94. The third-order valence-corrected chi connectivity index (χ3v) is 6.13. The van der Waals surface area contributed by atoms with Crippen molar-refractivity contribution < 1.29 is 54.5 Å². The van der Waals surface area contributed by atoms with E-state index in [9.17, 15) is 35.5 Å². The molecule has 0 amide bonds. The Bertz CT molecular complexity index is 1580. The van der Waals surface area contributed by atoms with Crippen LogP contribution >= 0.6 is 0 Å². The fourth-order valence-electron chi connectivity index (χ4n) is 4.25. The zero-order valence-electron chi connectivity index (χ0n) is 22.2. The van der Waals surface area contributed by atoms with Crippen molar-refractivity contribution >= 4 is 17.1 Å². The number of carbonyl (C=O) groups is 1. The number of aromatic nitrogens is 1. The molecule has 0 saturated carbocycles. The molecule has 0 aliphatic rings. The predicted molar refractivity (Wildman–Crippen MR) is 137 cm³/mol. The van der Waals surface area contributed by atoms with Crippen molar-refractivity contribution in [2.24, 2.45) is 0 Å². The molecule has 4 aromatic rings. The van der Waals surface area contributed by atoms with Crippen LogP contribution in [0.1, 0.15) is 23.7 Å². The van der Waals surface area contributed by atoms with E-state index in [2.05, 4.69) is 4.98 Å². The van der Waals surface area contributed by atoms with Gasteiger partial charge in [-0.2, -0.15) is 26.3 Å². The Kier molecular flexibility index (Phi) is 8.50. The first kappa shape index (κ1) is 30.4. The van der Waals surface area contributed by atoms with E-state index >= 15 is 0 Å². The number of halogens is 7. The molecule has 0 unspecified atom stereocenters. The summed E-state index contributed by atoms with van der Waals surface area (Å²) in [6.45, 7) is 2.61. The standard InChI is InChI=1S/C29H22F7NO5/c1-4-40-27(38)42-14-41-26-21-12-22(30)24(39-3)13-23(21)37-15(2)25(26)17-7-5-16(6-8-17)18-9-19(28(31,32)33)11-20(10-18)29(34,35)36/h5-13H,4,14H2,1-3H3. The largest absolute Gasteiger partial charge is 0.511 e. The van der Waals surface area contributed by atoms with Crippen molar-refractivity contribution in [2.45, 2.75) is 26.2 Å². The highest BCUT2D eigenvalue weighted by atomic mass is 19.4. The van der Waals surface area contributed by atoms with Crippen LogP contribution in [0, 0.1) is 12.7 Å². The fourth-order valence-corrected chi connectivity index (χ4v) is 4.25. The molecule has 0 saturated heterocycles. The number of nitrogens with zero attached hydrogens (tertiary/aromatic N) is 1. The first-order chi connectivity index (χ1) is 19.7. The maximum absolute atomic E-state index is 14.7. The summed E-state index contributed by atoms with van der Waals surface area (Å²) in [4.78, 5) is 16.1. The van der Waals surface area contributed by atoms with Crippen LogP contribution in [0.5, 0.6) is 11.5 Å². The fraction of sp³-hybridized carbons (Fsp3) is 0.241. The number of methoxy groups -OCH3 is 1. The molecule has 0 bridgehead atoms. The zero-order valence-corrected chi connectivity index (χ0v) is 22.2. The second-order valence-electron chi connectivity index (χ2n) is 8.87. The first-order valence-electron chi connectivity index (χ1n) is 12.2. The molecule has 6 nitrogen and oxygen atoms in total. The van der Waals surface area contributed by atoms with Gasteiger partial charge < -0.3 is 18.9 Å². The molecule has 222 valence electrons. The summed E-state index contributed by atoms with van der Waals surface area (Å²) in [6.07, 6.45) is -11.0. The molecule has 0 aliphatic carbocycles. The van der Waals surface area contributed by atoms with Gasteiger partial charge in [0.2, 0.25) is 6.79 Å². The SMILES string of the molecule is CCOC(=O)OCOc1c(-c2ccc(-c3cc(C(F)(F)F)cc(C(F)(F)F)c3)cc2)c(C)nc2cc(OC)c(F)cc12. The summed E-state index contributed by atoms with van der Waals surface area (Å²) in [5.74, 6) is -0.771. The highest BCUT2D eigenvalue weighted by Gasteiger charge is 2.37. The minimum Gasteiger partial charge on any atom is -0.494 e. The second-order valence-corrected chi connectivity index (χ2v) is 8.87. The van der Waals surface area contributed by atoms with Gasteiger partial charge in [-0.1, -0.05) is 24.3 Å².